The molecule has 112 valence electrons. The minimum atomic E-state index is -4.06. The normalized spacial score (nSPS) is 11.4. The van der Waals surface area contributed by atoms with E-state index < -0.39 is 27.5 Å². The molecular formula is C13H11ClFNO4S. The largest absolute Gasteiger partial charge is 0.469 e. The third-order valence-corrected chi connectivity index (χ3v) is 4.13. The van der Waals surface area contributed by atoms with Gasteiger partial charge in [-0.25, -0.2) is 17.5 Å². The molecule has 0 bridgehead atoms. The molecule has 1 N–H and O–H groups in total. The van der Waals surface area contributed by atoms with Crippen molar-refractivity contribution >= 4 is 27.5 Å². The molecule has 0 saturated heterocycles. The molecule has 0 unspecified atom stereocenters. The van der Waals surface area contributed by atoms with Crippen LogP contribution in [0, 0.1) is 12.7 Å². The Kier molecular flexibility index (Phi) is 4.34. The summed E-state index contributed by atoms with van der Waals surface area (Å²) in [7, 11) is -4.06. The number of aryl methyl sites for hydroxylation is 1. The number of carbonyl (C=O) groups excluding carboxylic acids is 1. The first-order valence-electron chi connectivity index (χ1n) is 5.81. The lowest BCUT2D eigenvalue weighted by Gasteiger charge is -2.07. The maximum atomic E-state index is 13.5. The Hall–Kier alpha value is -1.86. The minimum absolute atomic E-state index is 0.102. The molecule has 0 aliphatic carbocycles. The van der Waals surface area contributed by atoms with Crippen LogP contribution >= 0.6 is 11.6 Å². The first-order valence-corrected chi connectivity index (χ1v) is 7.84. The van der Waals surface area contributed by atoms with Gasteiger partial charge in [0.15, 0.2) is 0 Å². The molecule has 1 amide bonds. The summed E-state index contributed by atoms with van der Waals surface area (Å²) in [6.07, 6.45) is 1.27. The maximum Gasteiger partial charge on any atom is 0.268 e. The molecule has 1 aromatic heterocycles. The number of hydrogen-bond donors (Lipinski definition) is 1. The smallest absolute Gasteiger partial charge is 0.268 e. The zero-order chi connectivity index (χ0) is 15.6. The first kappa shape index (κ1) is 15.5. The summed E-state index contributed by atoms with van der Waals surface area (Å²) in [6.45, 7) is 1.53. The molecule has 1 aromatic carbocycles. The lowest BCUT2D eigenvalue weighted by Crippen LogP contribution is -2.32. The van der Waals surface area contributed by atoms with E-state index in [1.165, 1.54) is 31.4 Å². The predicted molar refractivity (Wildman–Crippen MR) is 74.9 cm³/mol. The number of hydrogen-bond acceptors (Lipinski definition) is 4. The average Bonchev–Trinajstić information content (AvgIpc) is 2.79. The summed E-state index contributed by atoms with van der Waals surface area (Å²) >= 11 is 5.69. The molecule has 5 nitrogen and oxygen atoms in total. The highest BCUT2D eigenvalue weighted by Crippen LogP contribution is 2.17. The van der Waals surface area contributed by atoms with E-state index >= 15 is 0 Å². The Bertz CT molecular complexity index is 785. The van der Waals surface area contributed by atoms with Crippen molar-refractivity contribution in [3.8, 4) is 0 Å². The van der Waals surface area contributed by atoms with Crippen LogP contribution in [0.25, 0.3) is 0 Å². The number of carbonyl (C=O) groups is 1. The van der Waals surface area contributed by atoms with E-state index in [0.717, 1.165) is 6.07 Å². The molecule has 0 saturated carbocycles. The van der Waals surface area contributed by atoms with E-state index in [-0.39, 0.29) is 21.9 Å². The van der Waals surface area contributed by atoms with Gasteiger partial charge in [-0.1, -0.05) is 11.6 Å². The highest BCUT2D eigenvalue weighted by atomic mass is 35.5. The molecule has 2 rings (SSSR count). The third kappa shape index (κ3) is 3.83. The van der Waals surface area contributed by atoms with E-state index in [9.17, 15) is 17.6 Å². The molecule has 0 radical (unpaired) electrons. The van der Waals surface area contributed by atoms with Gasteiger partial charge in [0, 0.05) is 10.6 Å². The van der Waals surface area contributed by atoms with Gasteiger partial charge in [0.1, 0.15) is 11.6 Å². The van der Waals surface area contributed by atoms with Gasteiger partial charge < -0.3 is 4.42 Å². The van der Waals surface area contributed by atoms with Crippen LogP contribution < -0.4 is 4.72 Å². The molecule has 2 aromatic rings. The van der Waals surface area contributed by atoms with Crippen LogP contribution in [0.3, 0.4) is 0 Å². The van der Waals surface area contributed by atoms with E-state index in [2.05, 4.69) is 0 Å². The summed E-state index contributed by atoms with van der Waals surface area (Å²) in [5.41, 5.74) is -0.0168. The second kappa shape index (κ2) is 5.87. The first-order chi connectivity index (χ1) is 9.78. The fraction of sp³-hybridized carbons (Fsp3) is 0.154. The van der Waals surface area contributed by atoms with Gasteiger partial charge in [-0.2, -0.15) is 0 Å². The van der Waals surface area contributed by atoms with Crippen LogP contribution in [-0.2, 0) is 15.8 Å². The van der Waals surface area contributed by atoms with Gasteiger partial charge in [0.05, 0.1) is 17.6 Å². The monoisotopic (exact) mass is 331 g/mol. The number of benzene rings is 1. The van der Waals surface area contributed by atoms with Crippen molar-refractivity contribution < 1.29 is 22.0 Å². The zero-order valence-corrected chi connectivity index (χ0v) is 12.5. The second-order valence-corrected chi connectivity index (χ2v) is 6.48. The Labute approximate surface area is 125 Å². The van der Waals surface area contributed by atoms with Crippen LogP contribution in [0.5, 0.6) is 0 Å². The Morgan fingerprint density at radius 3 is 2.71 bits per heavy atom. The highest BCUT2D eigenvalue weighted by Gasteiger charge is 2.21. The second-order valence-electron chi connectivity index (χ2n) is 4.32. The fourth-order valence-corrected chi connectivity index (χ4v) is 3.00. The van der Waals surface area contributed by atoms with Crippen LogP contribution in [0.4, 0.5) is 4.39 Å². The van der Waals surface area contributed by atoms with Crippen LogP contribution in [0.1, 0.15) is 21.7 Å². The van der Waals surface area contributed by atoms with Crippen LogP contribution in [0.15, 0.2) is 34.9 Å². The predicted octanol–water partition coefficient (Wildman–Crippen LogP) is 2.64. The molecule has 0 atom stereocenters. The van der Waals surface area contributed by atoms with Gasteiger partial charge in [-0.05, 0) is 31.2 Å². The summed E-state index contributed by atoms with van der Waals surface area (Å²) < 4.78 is 44.1. The quantitative estimate of drug-likeness (QED) is 0.934. The molecule has 0 aliphatic heterocycles. The molecule has 0 spiro atoms. The number of nitrogens with one attached hydrogen (secondary N) is 1. The van der Waals surface area contributed by atoms with Gasteiger partial charge in [-0.3, -0.25) is 4.79 Å². The van der Waals surface area contributed by atoms with Crippen LogP contribution in [-0.4, -0.2) is 14.3 Å². The van der Waals surface area contributed by atoms with Gasteiger partial charge in [0.2, 0.25) is 10.0 Å². The van der Waals surface area contributed by atoms with Crippen LogP contribution in [0.2, 0.25) is 5.02 Å². The van der Waals surface area contributed by atoms with Gasteiger partial charge >= 0.3 is 0 Å². The van der Waals surface area contributed by atoms with Gasteiger partial charge in [0.25, 0.3) is 5.91 Å². The maximum absolute atomic E-state index is 13.5. The SMILES string of the molecule is Cc1occc1C(=O)NS(=O)(=O)Cc1cc(Cl)ccc1F. The fourth-order valence-electron chi connectivity index (χ4n) is 1.71. The molecule has 8 heteroatoms. The van der Waals surface area contributed by atoms with Crippen molar-refractivity contribution in [2.24, 2.45) is 0 Å². The Morgan fingerprint density at radius 2 is 2.10 bits per heavy atom. The number of sulfonamides is 1. The lowest BCUT2D eigenvalue weighted by molar-refractivity contribution is 0.0980. The number of rotatable bonds is 4. The highest BCUT2D eigenvalue weighted by molar-refractivity contribution is 7.89. The summed E-state index contributed by atoms with van der Waals surface area (Å²) in [5, 5.41) is 0.207. The third-order valence-electron chi connectivity index (χ3n) is 2.70. The van der Waals surface area contributed by atoms with Gasteiger partial charge in [-0.15, -0.1) is 0 Å². The molecule has 1 heterocycles. The number of halogens is 2. The topological polar surface area (TPSA) is 76.4 Å². The molecular weight excluding hydrogens is 321 g/mol. The summed E-state index contributed by atoms with van der Waals surface area (Å²) in [6, 6.07) is 4.92. The van der Waals surface area contributed by atoms with Crippen molar-refractivity contribution in [1.29, 1.82) is 0 Å². The number of amides is 1. The van der Waals surface area contributed by atoms with E-state index in [1.54, 1.807) is 0 Å². The van der Waals surface area contributed by atoms with Crippen molar-refractivity contribution in [3.63, 3.8) is 0 Å². The van der Waals surface area contributed by atoms with Crippen molar-refractivity contribution in [3.05, 3.63) is 58.3 Å². The Balaban J connectivity index is 2.18. The van der Waals surface area contributed by atoms with Crippen molar-refractivity contribution in [2.75, 3.05) is 0 Å². The molecule has 21 heavy (non-hydrogen) atoms. The Morgan fingerprint density at radius 1 is 1.38 bits per heavy atom. The standard InChI is InChI=1S/C13H11ClFNO4S/c1-8-11(4-5-20-8)13(17)16-21(18,19)7-9-6-10(14)2-3-12(9)15/h2-6H,7H2,1H3,(H,16,17). The van der Waals surface area contributed by atoms with E-state index in [4.69, 9.17) is 16.0 Å². The van der Waals surface area contributed by atoms with E-state index in [1.807, 2.05) is 4.72 Å². The molecule has 0 aliphatic rings. The lowest BCUT2D eigenvalue weighted by atomic mass is 10.2. The van der Waals surface area contributed by atoms with Crippen molar-refractivity contribution in [2.45, 2.75) is 12.7 Å². The summed E-state index contributed by atoms with van der Waals surface area (Å²) in [4.78, 5) is 11.8. The summed E-state index contributed by atoms with van der Waals surface area (Å²) in [5.74, 6) is -1.95. The van der Waals surface area contributed by atoms with Crippen molar-refractivity contribution in [1.82, 2.24) is 4.72 Å². The average molecular weight is 332 g/mol. The minimum Gasteiger partial charge on any atom is -0.469 e. The zero-order valence-electron chi connectivity index (χ0n) is 10.9. The number of furan rings is 1. The van der Waals surface area contributed by atoms with E-state index in [0.29, 0.717) is 0 Å². The molecule has 0 fully saturated rings.